The highest BCUT2D eigenvalue weighted by Crippen LogP contribution is 2.38. The van der Waals surface area contributed by atoms with Gasteiger partial charge in [-0.2, -0.15) is 8.42 Å². The molecule has 0 saturated carbocycles. The molecule has 0 unspecified atom stereocenters. The molecule has 5 aromatic rings. The predicted octanol–water partition coefficient (Wildman–Crippen LogP) is 6.43. The minimum Gasteiger partial charge on any atom is -0.485 e. The molecule has 242 valence electrons. The number of para-hydroxylation sites is 1. The van der Waals surface area contributed by atoms with Gasteiger partial charge in [-0.1, -0.05) is 72.8 Å². The van der Waals surface area contributed by atoms with E-state index in [2.05, 4.69) is 0 Å². The number of fused-ring (bicyclic) bond motifs is 1. The molecule has 12 heteroatoms. The van der Waals surface area contributed by atoms with Gasteiger partial charge in [0.15, 0.2) is 17.3 Å². The smallest absolute Gasteiger partial charge is 0.446 e. The van der Waals surface area contributed by atoms with E-state index in [1.54, 1.807) is 42.5 Å². The molecule has 0 amide bonds. The van der Waals surface area contributed by atoms with Crippen molar-refractivity contribution in [3.63, 3.8) is 0 Å². The molecule has 0 aliphatic carbocycles. The van der Waals surface area contributed by atoms with E-state index >= 15 is 0 Å². The van der Waals surface area contributed by atoms with Crippen molar-refractivity contribution >= 4 is 33.3 Å². The van der Waals surface area contributed by atoms with Crippen molar-refractivity contribution in [1.29, 1.82) is 0 Å². The van der Waals surface area contributed by atoms with Crippen molar-refractivity contribution in [2.45, 2.75) is 38.9 Å². The number of hydrogen-bond donors (Lipinski definition) is 1. The summed E-state index contributed by atoms with van der Waals surface area (Å²) in [5.74, 6) is -2.04. The number of rotatable bonds is 14. The molecule has 1 N–H and O–H groups in total. The number of esters is 2. The molecule has 1 heterocycles. The molecular weight excluding hydrogens is 628 g/mol. The van der Waals surface area contributed by atoms with Crippen LogP contribution in [0.1, 0.15) is 36.8 Å². The minimum atomic E-state index is -4.90. The van der Waals surface area contributed by atoms with Gasteiger partial charge in [0.05, 0.1) is 5.39 Å². The van der Waals surface area contributed by atoms with Gasteiger partial charge in [0.1, 0.15) is 18.8 Å². The van der Waals surface area contributed by atoms with E-state index in [-0.39, 0.29) is 65.6 Å². The zero-order valence-electron chi connectivity index (χ0n) is 25.0. The topological polar surface area (TPSA) is 156 Å². The van der Waals surface area contributed by atoms with E-state index in [1.807, 2.05) is 36.4 Å². The summed E-state index contributed by atoms with van der Waals surface area (Å²) in [6, 6.07) is 28.6. The third kappa shape index (κ3) is 9.28. The van der Waals surface area contributed by atoms with Gasteiger partial charge < -0.3 is 22.8 Å². The average molecular weight is 659 g/mol. The molecule has 47 heavy (non-hydrogen) atoms. The molecule has 0 spiro atoms. The molecule has 0 saturated heterocycles. The summed E-state index contributed by atoms with van der Waals surface area (Å²) in [7, 11) is -4.90. The first-order chi connectivity index (χ1) is 22.7. The fraction of sp³-hybridized carbons (Fsp3) is 0.171. The van der Waals surface area contributed by atoms with Crippen LogP contribution in [0.2, 0.25) is 0 Å². The number of carbonyl (C=O) groups excluding carboxylic acids is 2. The molecule has 11 nitrogen and oxygen atoms in total. The summed E-state index contributed by atoms with van der Waals surface area (Å²) in [6.07, 6.45) is 0.670. The lowest BCUT2D eigenvalue weighted by Gasteiger charge is -2.14. The Morgan fingerprint density at radius 1 is 0.723 bits per heavy atom. The molecule has 0 bridgehead atoms. The maximum atomic E-state index is 13.5. The lowest BCUT2D eigenvalue weighted by atomic mass is 10.1. The summed E-state index contributed by atoms with van der Waals surface area (Å²) in [5, 5.41) is 0.173. The molecule has 1 aromatic heterocycles. The van der Waals surface area contributed by atoms with Gasteiger partial charge in [-0.15, -0.1) is 0 Å². The van der Waals surface area contributed by atoms with Gasteiger partial charge in [0.2, 0.25) is 11.2 Å². The fourth-order valence-electron chi connectivity index (χ4n) is 4.60. The van der Waals surface area contributed by atoms with Crippen LogP contribution in [0.3, 0.4) is 0 Å². The highest BCUT2D eigenvalue weighted by Gasteiger charge is 2.23. The number of benzene rings is 4. The third-order valence-electron chi connectivity index (χ3n) is 6.86. The summed E-state index contributed by atoms with van der Waals surface area (Å²) in [5.41, 5.74) is 1.43. The number of unbranched alkanes of at least 4 members (excludes halogenated alkanes) is 1. The lowest BCUT2D eigenvalue weighted by Crippen LogP contribution is -2.16. The van der Waals surface area contributed by atoms with Crippen LogP contribution >= 0.6 is 0 Å². The van der Waals surface area contributed by atoms with Crippen LogP contribution in [0.25, 0.3) is 22.3 Å². The van der Waals surface area contributed by atoms with Gasteiger partial charge in [0.25, 0.3) is 0 Å². The van der Waals surface area contributed by atoms with E-state index in [0.29, 0.717) is 12.8 Å². The largest absolute Gasteiger partial charge is 0.485 e. The van der Waals surface area contributed by atoms with Crippen LogP contribution in [0.5, 0.6) is 17.2 Å². The standard InChI is InChI=1S/C35H30O11S/c36-31(43-23-25-13-5-2-6-14-25)17-9-10-18-32(37)45-35-33(38)27-15-7-8-16-28(27)44-34(35)26-19-20-29(46-47(39,40)41)30(21-26)42-22-24-11-3-1-4-12-24/h1-8,11-16,19-21H,9-10,17-18,22-23H2,(H,39,40,41). The van der Waals surface area contributed by atoms with Crippen molar-refractivity contribution in [3.8, 4) is 28.6 Å². The Labute approximate surface area is 270 Å². The van der Waals surface area contributed by atoms with Gasteiger partial charge in [-0.3, -0.25) is 18.9 Å². The van der Waals surface area contributed by atoms with Crippen molar-refractivity contribution in [1.82, 2.24) is 0 Å². The van der Waals surface area contributed by atoms with E-state index in [1.165, 1.54) is 24.3 Å². The summed E-state index contributed by atoms with van der Waals surface area (Å²) in [6.45, 7) is 0.166. The Balaban J connectivity index is 1.34. The monoisotopic (exact) mass is 658 g/mol. The first kappa shape index (κ1) is 32.9. The Bertz CT molecular complexity index is 2020. The molecule has 0 radical (unpaired) electrons. The first-order valence-electron chi connectivity index (χ1n) is 14.6. The average Bonchev–Trinajstić information content (AvgIpc) is 3.07. The highest BCUT2D eigenvalue weighted by atomic mass is 32.3. The van der Waals surface area contributed by atoms with Crippen molar-refractivity contribution in [2.24, 2.45) is 0 Å². The second-order valence-electron chi connectivity index (χ2n) is 10.4. The zero-order chi connectivity index (χ0) is 33.2. The molecule has 5 rings (SSSR count). The Kier molecular flexibility index (Phi) is 10.7. The van der Waals surface area contributed by atoms with E-state index < -0.39 is 27.8 Å². The van der Waals surface area contributed by atoms with E-state index in [4.69, 9.17) is 22.8 Å². The quantitative estimate of drug-likeness (QED) is 0.0797. The van der Waals surface area contributed by atoms with Gasteiger partial charge >= 0.3 is 22.3 Å². The molecule has 0 fully saturated rings. The van der Waals surface area contributed by atoms with Gasteiger partial charge in [-0.25, -0.2) is 0 Å². The molecule has 0 atom stereocenters. The molecule has 4 aromatic carbocycles. The van der Waals surface area contributed by atoms with Crippen LogP contribution in [0.15, 0.2) is 112 Å². The molecule has 0 aliphatic heterocycles. The van der Waals surface area contributed by atoms with E-state index in [0.717, 1.165) is 11.1 Å². The zero-order valence-corrected chi connectivity index (χ0v) is 25.8. The van der Waals surface area contributed by atoms with Crippen molar-refractivity contribution in [2.75, 3.05) is 0 Å². The second-order valence-corrected chi connectivity index (χ2v) is 11.4. The van der Waals surface area contributed by atoms with Crippen molar-refractivity contribution in [3.05, 3.63) is 124 Å². The Morgan fingerprint density at radius 3 is 2.02 bits per heavy atom. The fourth-order valence-corrected chi connectivity index (χ4v) is 4.97. The Hall–Kier alpha value is -5.46. The number of ether oxygens (including phenoxy) is 3. The van der Waals surface area contributed by atoms with Gasteiger partial charge in [-0.05, 0) is 54.3 Å². The number of hydrogen-bond acceptors (Lipinski definition) is 10. The third-order valence-corrected chi connectivity index (χ3v) is 7.25. The highest BCUT2D eigenvalue weighted by molar-refractivity contribution is 7.81. The number of carbonyl (C=O) groups is 2. The Morgan fingerprint density at radius 2 is 1.34 bits per heavy atom. The van der Waals surface area contributed by atoms with Crippen LogP contribution < -0.4 is 19.1 Å². The maximum absolute atomic E-state index is 13.5. The minimum absolute atomic E-state index is 0.00936. The molecule has 0 aliphatic rings. The second kappa shape index (κ2) is 15.2. The predicted molar refractivity (Wildman–Crippen MR) is 171 cm³/mol. The van der Waals surface area contributed by atoms with Crippen LogP contribution in [-0.4, -0.2) is 24.9 Å². The normalized spacial score (nSPS) is 11.2. The molecular formula is C35H30O11S. The lowest BCUT2D eigenvalue weighted by molar-refractivity contribution is -0.145. The van der Waals surface area contributed by atoms with Crippen LogP contribution in [0.4, 0.5) is 0 Å². The SMILES string of the molecule is O=C(CCCCC(=O)Oc1c(-c2ccc(OS(=O)(=O)O)c(OCc3ccccc3)c2)oc2ccccc2c1=O)OCc1ccccc1. The van der Waals surface area contributed by atoms with Gasteiger partial charge in [0, 0.05) is 18.4 Å². The van der Waals surface area contributed by atoms with Crippen LogP contribution in [0, 0.1) is 0 Å². The summed E-state index contributed by atoms with van der Waals surface area (Å²) in [4.78, 5) is 38.6. The first-order valence-corrected chi connectivity index (χ1v) is 16.0. The van der Waals surface area contributed by atoms with E-state index in [9.17, 15) is 27.4 Å². The van der Waals surface area contributed by atoms with Crippen molar-refractivity contribution < 1.29 is 45.4 Å². The summed E-state index contributed by atoms with van der Waals surface area (Å²) < 4.78 is 59.7. The maximum Gasteiger partial charge on any atom is 0.446 e. The summed E-state index contributed by atoms with van der Waals surface area (Å²) >= 11 is 0. The van der Waals surface area contributed by atoms with Crippen LogP contribution in [-0.2, 0) is 37.9 Å².